The summed E-state index contributed by atoms with van der Waals surface area (Å²) < 4.78 is 0. The van der Waals surface area contributed by atoms with Crippen LogP contribution in [0.2, 0.25) is 0 Å². The van der Waals surface area contributed by atoms with E-state index >= 15 is 0 Å². The number of aromatic nitrogens is 1. The van der Waals surface area contributed by atoms with Crippen LogP contribution in [0.1, 0.15) is 57.2 Å². The highest BCUT2D eigenvalue weighted by atomic mass is 32.1. The number of carbonyl (C=O) groups is 3. The predicted molar refractivity (Wildman–Crippen MR) is 138 cm³/mol. The average Bonchev–Trinajstić information content (AvgIpc) is 3.56. The number of amides is 3. The summed E-state index contributed by atoms with van der Waals surface area (Å²) in [7, 11) is 0. The molecule has 190 valence electrons. The quantitative estimate of drug-likeness (QED) is 0.684. The highest BCUT2D eigenvalue weighted by Crippen LogP contribution is 2.39. The van der Waals surface area contributed by atoms with Crippen LogP contribution in [0.3, 0.4) is 0 Å². The molecule has 0 saturated carbocycles. The molecule has 3 amide bonds. The fourth-order valence-corrected chi connectivity index (χ4v) is 6.66. The molecular weight excluding hydrogens is 476 g/mol. The van der Waals surface area contributed by atoms with Crippen LogP contribution in [0.15, 0.2) is 34.8 Å². The van der Waals surface area contributed by atoms with E-state index in [1.807, 2.05) is 43.6 Å². The van der Waals surface area contributed by atoms with Crippen molar-refractivity contribution in [2.75, 3.05) is 13.1 Å². The maximum absolute atomic E-state index is 13.6. The van der Waals surface area contributed by atoms with Crippen molar-refractivity contribution in [1.29, 1.82) is 0 Å². The second kappa shape index (κ2) is 9.52. The Balaban J connectivity index is 1.37. The third-order valence-electron chi connectivity index (χ3n) is 7.92. The average molecular weight is 509 g/mol. The Kier molecular flexibility index (Phi) is 6.55. The van der Waals surface area contributed by atoms with E-state index in [2.05, 4.69) is 9.98 Å². The molecule has 0 bridgehead atoms. The molecule has 4 heterocycles. The molecule has 0 unspecified atom stereocenters. The van der Waals surface area contributed by atoms with E-state index in [9.17, 15) is 19.5 Å². The predicted octanol–water partition coefficient (Wildman–Crippen LogP) is 3.11. The number of rotatable bonds is 4. The van der Waals surface area contributed by atoms with Gasteiger partial charge in [0.15, 0.2) is 0 Å². The number of hydrogen-bond acceptors (Lipinski definition) is 6. The number of likely N-dealkylation sites (tertiary alicyclic amines) is 2. The number of aliphatic imine (C=N–C) groups is 1. The lowest BCUT2D eigenvalue weighted by Gasteiger charge is -2.38. The number of aryl methyl sites for hydroxylation is 1. The first-order chi connectivity index (χ1) is 17.2. The Morgan fingerprint density at radius 2 is 1.92 bits per heavy atom. The van der Waals surface area contributed by atoms with Crippen molar-refractivity contribution in [3.63, 3.8) is 0 Å². The minimum absolute atomic E-state index is 0.109. The maximum Gasteiger partial charge on any atom is 0.256 e. The molecule has 2 saturated heterocycles. The van der Waals surface area contributed by atoms with Crippen LogP contribution in [-0.4, -0.2) is 74.6 Å². The molecule has 4 atom stereocenters. The fourth-order valence-electron chi connectivity index (χ4n) is 5.85. The van der Waals surface area contributed by atoms with Crippen LogP contribution in [0.4, 0.5) is 0 Å². The summed E-state index contributed by atoms with van der Waals surface area (Å²) in [5, 5.41) is 10.5. The molecule has 5 rings (SSSR count). The van der Waals surface area contributed by atoms with Gasteiger partial charge in [0, 0.05) is 38.6 Å². The van der Waals surface area contributed by atoms with Gasteiger partial charge in [0.05, 0.1) is 33.6 Å². The van der Waals surface area contributed by atoms with E-state index in [1.54, 1.807) is 21.1 Å². The molecule has 2 aromatic rings. The fraction of sp³-hybridized carbons (Fsp3) is 0.519. The number of benzene rings is 1. The topological polar surface area (TPSA) is 103 Å². The minimum atomic E-state index is -0.824. The number of hydrogen-bond donors (Lipinski definition) is 1. The lowest BCUT2D eigenvalue weighted by Crippen LogP contribution is -2.54. The van der Waals surface area contributed by atoms with Gasteiger partial charge in [0.1, 0.15) is 6.04 Å². The standard InChI is InChI=1S/C27H32N4O4S/c1-16-24(36-15-28-16)18-7-9-19(10-8-18)27(3)13-21(29-26(27)35)23-12-20(33)14-31(23)25(34)22-6-4-5-11-30(22)17(2)32/h7-10,15,20,22-23,33H,4-6,11-14H2,1-3H3/t20-,22-,23-,27+/m1/s1. The number of nitrogens with zero attached hydrogens (tertiary/aromatic N) is 4. The van der Waals surface area contributed by atoms with Crippen LogP contribution in [0, 0.1) is 6.92 Å². The molecular formula is C27H32N4O4S. The molecule has 0 spiro atoms. The van der Waals surface area contributed by atoms with Crippen molar-refractivity contribution >= 4 is 34.8 Å². The van der Waals surface area contributed by atoms with E-state index in [-0.39, 0.29) is 24.3 Å². The van der Waals surface area contributed by atoms with Crippen LogP contribution in [0.5, 0.6) is 0 Å². The Morgan fingerprint density at radius 3 is 2.58 bits per heavy atom. The summed E-state index contributed by atoms with van der Waals surface area (Å²) in [6.07, 6.45) is 2.45. The van der Waals surface area contributed by atoms with Gasteiger partial charge in [-0.05, 0) is 44.2 Å². The number of β-amino-alcohol motifs (C(OH)–C–C–N with tert-alkyl or cyclic N) is 1. The lowest BCUT2D eigenvalue weighted by atomic mass is 9.78. The Labute approximate surface area is 215 Å². The highest BCUT2D eigenvalue weighted by molar-refractivity contribution is 7.13. The number of carbonyl (C=O) groups excluding carboxylic acids is 3. The highest BCUT2D eigenvalue weighted by Gasteiger charge is 2.48. The zero-order valence-electron chi connectivity index (χ0n) is 20.9. The summed E-state index contributed by atoms with van der Waals surface area (Å²) in [5.41, 5.74) is 4.56. The Hall–Kier alpha value is -2.91. The van der Waals surface area contributed by atoms with Gasteiger partial charge in [-0.1, -0.05) is 24.3 Å². The molecule has 2 fully saturated rings. The van der Waals surface area contributed by atoms with E-state index in [0.29, 0.717) is 31.5 Å². The molecule has 36 heavy (non-hydrogen) atoms. The molecule has 1 aromatic heterocycles. The Morgan fingerprint density at radius 1 is 1.17 bits per heavy atom. The summed E-state index contributed by atoms with van der Waals surface area (Å²) in [4.78, 5) is 52.1. The number of aliphatic hydroxyl groups excluding tert-OH is 1. The molecule has 3 aliphatic heterocycles. The second-order valence-corrected chi connectivity index (χ2v) is 11.2. The van der Waals surface area contributed by atoms with Gasteiger partial charge in [0.2, 0.25) is 11.8 Å². The summed E-state index contributed by atoms with van der Waals surface area (Å²) >= 11 is 1.59. The summed E-state index contributed by atoms with van der Waals surface area (Å²) in [6.45, 7) is 6.14. The first-order valence-corrected chi connectivity index (χ1v) is 13.5. The van der Waals surface area contributed by atoms with Gasteiger partial charge in [-0.3, -0.25) is 14.4 Å². The van der Waals surface area contributed by atoms with Crippen molar-refractivity contribution in [2.24, 2.45) is 4.99 Å². The number of aliphatic hydroxyl groups is 1. The van der Waals surface area contributed by atoms with Crippen molar-refractivity contribution in [3.05, 3.63) is 41.0 Å². The monoisotopic (exact) mass is 508 g/mol. The largest absolute Gasteiger partial charge is 0.391 e. The normalized spacial score (nSPS) is 28.5. The van der Waals surface area contributed by atoms with Crippen molar-refractivity contribution in [2.45, 2.75) is 76.5 Å². The van der Waals surface area contributed by atoms with Gasteiger partial charge in [0.25, 0.3) is 5.91 Å². The van der Waals surface area contributed by atoms with Crippen LogP contribution in [-0.2, 0) is 19.8 Å². The van der Waals surface area contributed by atoms with E-state index in [4.69, 9.17) is 0 Å². The molecule has 0 radical (unpaired) electrons. The summed E-state index contributed by atoms with van der Waals surface area (Å²) in [6, 6.07) is 7.03. The maximum atomic E-state index is 13.6. The van der Waals surface area contributed by atoms with Gasteiger partial charge in [-0.15, -0.1) is 11.3 Å². The summed E-state index contributed by atoms with van der Waals surface area (Å²) in [5.74, 6) is -0.488. The van der Waals surface area contributed by atoms with Crippen molar-refractivity contribution in [1.82, 2.24) is 14.8 Å². The molecule has 1 N–H and O–H groups in total. The third kappa shape index (κ3) is 4.28. The SMILES string of the molecule is CC(=O)N1CCCC[C@@H]1C(=O)N1C[C@H](O)C[C@@H]1C1=NC(=O)[C@](C)(c2ccc(-c3scnc3C)cc2)C1. The van der Waals surface area contributed by atoms with Crippen molar-refractivity contribution < 1.29 is 19.5 Å². The molecule has 3 aliphatic rings. The number of piperidine rings is 1. The zero-order chi connectivity index (χ0) is 25.6. The smallest absolute Gasteiger partial charge is 0.256 e. The van der Waals surface area contributed by atoms with Gasteiger partial charge in [-0.25, -0.2) is 9.98 Å². The van der Waals surface area contributed by atoms with Gasteiger partial charge < -0.3 is 14.9 Å². The van der Waals surface area contributed by atoms with Crippen LogP contribution >= 0.6 is 11.3 Å². The van der Waals surface area contributed by atoms with Crippen LogP contribution < -0.4 is 0 Å². The van der Waals surface area contributed by atoms with Gasteiger partial charge >= 0.3 is 0 Å². The van der Waals surface area contributed by atoms with Gasteiger partial charge in [-0.2, -0.15) is 0 Å². The molecule has 9 heteroatoms. The molecule has 8 nitrogen and oxygen atoms in total. The molecule has 1 aromatic carbocycles. The first-order valence-electron chi connectivity index (χ1n) is 12.6. The van der Waals surface area contributed by atoms with E-state index < -0.39 is 23.6 Å². The van der Waals surface area contributed by atoms with E-state index in [1.165, 1.54) is 6.92 Å². The molecule has 0 aliphatic carbocycles. The number of thiazole rings is 1. The minimum Gasteiger partial charge on any atom is -0.391 e. The van der Waals surface area contributed by atoms with Crippen molar-refractivity contribution in [3.8, 4) is 10.4 Å². The third-order valence-corrected chi connectivity index (χ3v) is 8.90. The van der Waals surface area contributed by atoms with E-state index in [0.717, 1.165) is 34.5 Å². The second-order valence-electron chi connectivity index (χ2n) is 10.4. The Bertz CT molecular complexity index is 1220. The van der Waals surface area contributed by atoms with Crippen LogP contribution in [0.25, 0.3) is 10.4 Å². The lowest BCUT2D eigenvalue weighted by molar-refractivity contribution is -0.146. The zero-order valence-corrected chi connectivity index (χ0v) is 21.8. The first kappa shape index (κ1) is 24.8.